The average Bonchev–Trinajstić information content (AvgIpc) is 2.89. The van der Waals surface area contributed by atoms with E-state index in [0.717, 1.165) is 30.3 Å². The van der Waals surface area contributed by atoms with Gasteiger partial charge in [0.05, 0.1) is 23.4 Å². The van der Waals surface area contributed by atoms with Crippen LogP contribution >= 0.6 is 11.3 Å². The molecule has 4 nitrogen and oxygen atoms in total. The van der Waals surface area contributed by atoms with Crippen LogP contribution in [0.15, 0.2) is 11.6 Å². The monoisotopic (exact) mass is 278 g/mol. The molecule has 0 aromatic carbocycles. The Hall–Kier alpha value is -1.20. The third-order valence-electron chi connectivity index (χ3n) is 3.05. The van der Waals surface area contributed by atoms with Gasteiger partial charge in [0, 0.05) is 23.2 Å². The fraction of sp³-hybridized carbons (Fsp3) is 0.571. The summed E-state index contributed by atoms with van der Waals surface area (Å²) in [5.41, 5.74) is 3.59. The summed E-state index contributed by atoms with van der Waals surface area (Å²) in [6.07, 6.45) is 1.96. The van der Waals surface area contributed by atoms with Crippen molar-refractivity contribution in [3.63, 3.8) is 0 Å². The molecule has 0 spiro atoms. The maximum atomic E-state index is 4.48. The highest BCUT2D eigenvalue weighted by Gasteiger charge is 2.08. The smallest absolute Gasteiger partial charge is 0.0898 e. The topological polar surface area (TPSA) is 42.7 Å². The van der Waals surface area contributed by atoms with Gasteiger partial charge in [-0.15, -0.1) is 11.3 Å². The molecule has 0 fully saturated rings. The highest BCUT2D eigenvalue weighted by Crippen LogP contribution is 2.12. The van der Waals surface area contributed by atoms with Gasteiger partial charge in [-0.1, -0.05) is 13.8 Å². The Kier molecular flexibility index (Phi) is 4.71. The number of aryl methyl sites for hydroxylation is 1. The molecule has 0 saturated carbocycles. The normalized spacial score (nSPS) is 11.4. The molecule has 0 atom stereocenters. The average molecular weight is 278 g/mol. The summed E-state index contributed by atoms with van der Waals surface area (Å²) in [4.78, 5) is 4.48. The first kappa shape index (κ1) is 14.2. The molecule has 0 aliphatic heterocycles. The summed E-state index contributed by atoms with van der Waals surface area (Å²) in [7, 11) is 0. The zero-order chi connectivity index (χ0) is 13.8. The highest BCUT2D eigenvalue weighted by molar-refractivity contribution is 7.09. The van der Waals surface area contributed by atoms with Crippen molar-refractivity contribution < 1.29 is 0 Å². The number of rotatable bonds is 6. The first-order valence-electron chi connectivity index (χ1n) is 6.69. The number of hydrogen-bond acceptors (Lipinski definition) is 4. The summed E-state index contributed by atoms with van der Waals surface area (Å²) in [6, 6.07) is 0. The molecule has 0 amide bonds. The molecule has 19 heavy (non-hydrogen) atoms. The zero-order valence-electron chi connectivity index (χ0n) is 12.1. The molecule has 0 aliphatic carbocycles. The SMILES string of the molecule is Cc1nc(Cn2ncc(CNCC(C)C)c2C)cs1. The lowest BCUT2D eigenvalue weighted by Crippen LogP contribution is -2.19. The van der Waals surface area contributed by atoms with E-state index in [4.69, 9.17) is 0 Å². The van der Waals surface area contributed by atoms with Crippen LogP contribution in [0.5, 0.6) is 0 Å². The van der Waals surface area contributed by atoms with Crippen molar-refractivity contribution in [3.8, 4) is 0 Å². The second kappa shape index (κ2) is 6.30. The molecule has 5 heteroatoms. The summed E-state index contributed by atoms with van der Waals surface area (Å²) < 4.78 is 2.03. The predicted molar refractivity (Wildman–Crippen MR) is 79.5 cm³/mol. The maximum absolute atomic E-state index is 4.48. The largest absolute Gasteiger partial charge is 0.312 e. The second-order valence-corrected chi connectivity index (χ2v) is 6.36. The van der Waals surface area contributed by atoms with Gasteiger partial charge in [-0.2, -0.15) is 5.10 Å². The van der Waals surface area contributed by atoms with Crippen LogP contribution in [0.1, 0.15) is 35.8 Å². The van der Waals surface area contributed by atoms with Crippen molar-refractivity contribution >= 4 is 11.3 Å². The summed E-state index contributed by atoms with van der Waals surface area (Å²) in [6.45, 7) is 11.3. The van der Waals surface area contributed by atoms with Gasteiger partial charge in [0.15, 0.2) is 0 Å². The van der Waals surface area contributed by atoms with Crippen molar-refractivity contribution in [3.05, 3.63) is 33.5 Å². The van der Waals surface area contributed by atoms with E-state index >= 15 is 0 Å². The van der Waals surface area contributed by atoms with E-state index in [-0.39, 0.29) is 0 Å². The Morgan fingerprint density at radius 2 is 2.16 bits per heavy atom. The molecular formula is C14H22N4S. The fourth-order valence-electron chi connectivity index (χ4n) is 1.95. The summed E-state index contributed by atoms with van der Waals surface area (Å²) in [5.74, 6) is 0.674. The molecule has 2 aromatic rings. The fourth-order valence-corrected chi connectivity index (χ4v) is 2.55. The summed E-state index contributed by atoms with van der Waals surface area (Å²) in [5, 5.41) is 11.1. The number of nitrogens with zero attached hydrogens (tertiary/aromatic N) is 3. The first-order valence-corrected chi connectivity index (χ1v) is 7.57. The third kappa shape index (κ3) is 3.88. The van der Waals surface area contributed by atoms with Gasteiger partial charge in [0.2, 0.25) is 0 Å². The Labute approximate surface area is 118 Å². The molecular weight excluding hydrogens is 256 g/mol. The van der Waals surface area contributed by atoms with Crippen LogP contribution in [0.25, 0.3) is 0 Å². The number of aromatic nitrogens is 3. The van der Waals surface area contributed by atoms with E-state index in [1.54, 1.807) is 11.3 Å². The first-order chi connectivity index (χ1) is 9.06. The molecule has 2 rings (SSSR count). The lowest BCUT2D eigenvalue weighted by atomic mass is 10.2. The van der Waals surface area contributed by atoms with E-state index in [1.807, 2.05) is 17.8 Å². The Bertz CT molecular complexity index is 527. The van der Waals surface area contributed by atoms with E-state index in [1.165, 1.54) is 11.3 Å². The molecule has 0 bridgehead atoms. The lowest BCUT2D eigenvalue weighted by Gasteiger charge is -2.07. The van der Waals surface area contributed by atoms with Crippen molar-refractivity contribution in [1.29, 1.82) is 0 Å². The van der Waals surface area contributed by atoms with Crippen LogP contribution in [-0.4, -0.2) is 21.3 Å². The van der Waals surface area contributed by atoms with Gasteiger partial charge in [0.1, 0.15) is 0 Å². The van der Waals surface area contributed by atoms with Crippen molar-refractivity contribution in [2.24, 2.45) is 5.92 Å². The van der Waals surface area contributed by atoms with Gasteiger partial charge in [0.25, 0.3) is 0 Å². The molecule has 0 saturated heterocycles. The molecule has 1 N–H and O–H groups in total. The van der Waals surface area contributed by atoms with Crippen molar-refractivity contribution in [2.75, 3.05) is 6.54 Å². The van der Waals surface area contributed by atoms with Crippen LogP contribution < -0.4 is 5.32 Å². The Morgan fingerprint density at radius 1 is 1.37 bits per heavy atom. The van der Waals surface area contributed by atoms with Gasteiger partial charge >= 0.3 is 0 Å². The van der Waals surface area contributed by atoms with Crippen LogP contribution in [0.2, 0.25) is 0 Å². The number of nitrogens with one attached hydrogen (secondary N) is 1. The van der Waals surface area contributed by atoms with Gasteiger partial charge in [-0.05, 0) is 26.3 Å². The minimum Gasteiger partial charge on any atom is -0.312 e. The maximum Gasteiger partial charge on any atom is 0.0898 e. The van der Waals surface area contributed by atoms with Crippen LogP contribution in [-0.2, 0) is 13.1 Å². The van der Waals surface area contributed by atoms with Crippen molar-refractivity contribution in [1.82, 2.24) is 20.1 Å². The van der Waals surface area contributed by atoms with Crippen LogP contribution in [0.4, 0.5) is 0 Å². The van der Waals surface area contributed by atoms with Gasteiger partial charge in [-0.25, -0.2) is 4.98 Å². The number of hydrogen-bond donors (Lipinski definition) is 1. The molecule has 0 radical (unpaired) electrons. The standard InChI is InChI=1S/C14H22N4S/c1-10(2)5-15-6-13-7-16-18(11(13)3)8-14-9-19-12(4)17-14/h7,9-10,15H,5-6,8H2,1-4H3. The summed E-state index contributed by atoms with van der Waals surface area (Å²) >= 11 is 1.69. The van der Waals surface area contributed by atoms with Crippen LogP contribution in [0, 0.1) is 19.8 Å². The van der Waals surface area contributed by atoms with Gasteiger partial charge < -0.3 is 5.32 Å². The minimum absolute atomic E-state index is 0.674. The minimum atomic E-state index is 0.674. The molecule has 0 unspecified atom stereocenters. The molecule has 2 heterocycles. The highest BCUT2D eigenvalue weighted by atomic mass is 32.1. The van der Waals surface area contributed by atoms with Crippen molar-refractivity contribution in [2.45, 2.75) is 40.8 Å². The molecule has 0 aliphatic rings. The molecule has 2 aromatic heterocycles. The third-order valence-corrected chi connectivity index (χ3v) is 3.87. The zero-order valence-corrected chi connectivity index (χ0v) is 12.9. The Morgan fingerprint density at radius 3 is 2.79 bits per heavy atom. The van der Waals surface area contributed by atoms with E-state index in [2.05, 4.69) is 41.6 Å². The quantitative estimate of drug-likeness (QED) is 0.883. The number of thiazole rings is 1. The lowest BCUT2D eigenvalue weighted by molar-refractivity contribution is 0.550. The van der Waals surface area contributed by atoms with Gasteiger partial charge in [-0.3, -0.25) is 4.68 Å². The predicted octanol–water partition coefficient (Wildman–Crippen LogP) is 2.75. The van der Waals surface area contributed by atoms with E-state index in [0.29, 0.717) is 5.92 Å². The van der Waals surface area contributed by atoms with E-state index < -0.39 is 0 Å². The molecule has 104 valence electrons. The van der Waals surface area contributed by atoms with E-state index in [9.17, 15) is 0 Å². The Balaban J connectivity index is 1.97. The van der Waals surface area contributed by atoms with Crippen LogP contribution in [0.3, 0.4) is 0 Å². The second-order valence-electron chi connectivity index (χ2n) is 5.30.